The van der Waals surface area contributed by atoms with E-state index in [1.807, 2.05) is 92.7 Å². The first-order valence-corrected chi connectivity index (χ1v) is 10.7. The fourth-order valence-corrected chi connectivity index (χ4v) is 3.22. The minimum absolute atomic E-state index is 0.0273. The van der Waals surface area contributed by atoms with E-state index in [2.05, 4.69) is 13.8 Å². The monoisotopic (exact) mass is 418 g/mol. The van der Waals surface area contributed by atoms with E-state index in [1.165, 1.54) is 0 Å². The summed E-state index contributed by atoms with van der Waals surface area (Å²) in [6.45, 7) is 8.28. The van der Waals surface area contributed by atoms with Crippen LogP contribution in [0.1, 0.15) is 44.7 Å². The van der Waals surface area contributed by atoms with Crippen molar-refractivity contribution in [3.05, 3.63) is 90.0 Å². The predicted octanol–water partition coefficient (Wildman–Crippen LogP) is 6.75. The molecule has 1 atom stereocenters. The zero-order chi connectivity index (χ0) is 22.2. The molecule has 0 saturated heterocycles. The minimum atomic E-state index is -0.677. The molecule has 0 radical (unpaired) electrons. The maximum atomic E-state index is 12.8. The smallest absolute Gasteiger partial charge is 0.347 e. The zero-order valence-corrected chi connectivity index (χ0v) is 18.6. The van der Waals surface area contributed by atoms with E-state index in [0.717, 1.165) is 22.6 Å². The number of carbonyl (C=O) groups is 1. The van der Waals surface area contributed by atoms with Crippen LogP contribution in [-0.2, 0) is 16.1 Å². The molecule has 4 heteroatoms. The standard InChI is InChI=1S/C27H30O4/c1-19(2)24-15-8-9-16-25(24)31-26(20(3)4)27(28)29-18-21-11-10-14-23(17-21)30-22-12-6-5-7-13-22/h5-17,19-20,26H,18H2,1-4H3. The number of para-hydroxylation sites is 2. The Kier molecular flexibility index (Phi) is 7.71. The summed E-state index contributed by atoms with van der Waals surface area (Å²) in [4.78, 5) is 12.8. The molecule has 0 heterocycles. The minimum Gasteiger partial charge on any atom is -0.478 e. The van der Waals surface area contributed by atoms with Gasteiger partial charge in [-0.15, -0.1) is 0 Å². The average molecular weight is 419 g/mol. The van der Waals surface area contributed by atoms with E-state index in [1.54, 1.807) is 0 Å². The maximum absolute atomic E-state index is 12.8. The van der Waals surface area contributed by atoms with Gasteiger partial charge in [0.2, 0.25) is 0 Å². The molecule has 0 saturated carbocycles. The van der Waals surface area contributed by atoms with Gasteiger partial charge >= 0.3 is 5.97 Å². The highest BCUT2D eigenvalue weighted by atomic mass is 16.6. The van der Waals surface area contributed by atoms with Gasteiger partial charge in [0.15, 0.2) is 6.10 Å². The van der Waals surface area contributed by atoms with Crippen LogP contribution in [0.3, 0.4) is 0 Å². The molecule has 31 heavy (non-hydrogen) atoms. The largest absolute Gasteiger partial charge is 0.478 e. The van der Waals surface area contributed by atoms with Gasteiger partial charge in [-0.3, -0.25) is 0 Å². The van der Waals surface area contributed by atoms with Gasteiger partial charge in [-0.2, -0.15) is 0 Å². The molecule has 0 aliphatic heterocycles. The first kappa shape index (κ1) is 22.4. The summed E-state index contributed by atoms with van der Waals surface area (Å²) in [6.07, 6.45) is -0.677. The number of esters is 1. The molecule has 4 nitrogen and oxygen atoms in total. The third kappa shape index (κ3) is 6.35. The van der Waals surface area contributed by atoms with Crippen molar-refractivity contribution in [3.63, 3.8) is 0 Å². The Morgan fingerprint density at radius 3 is 2.19 bits per heavy atom. The first-order valence-electron chi connectivity index (χ1n) is 10.7. The Labute approximate surface area is 184 Å². The highest BCUT2D eigenvalue weighted by Crippen LogP contribution is 2.28. The molecule has 3 aromatic carbocycles. The molecular weight excluding hydrogens is 388 g/mol. The van der Waals surface area contributed by atoms with Crippen LogP contribution in [0.25, 0.3) is 0 Å². The Morgan fingerprint density at radius 2 is 1.48 bits per heavy atom. The molecule has 0 aliphatic carbocycles. The second-order valence-electron chi connectivity index (χ2n) is 8.15. The van der Waals surface area contributed by atoms with Crippen LogP contribution in [-0.4, -0.2) is 12.1 Å². The Hall–Kier alpha value is -3.27. The van der Waals surface area contributed by atoms with Crippen LogP contribution in [0, 0.1) is 5.92 Å². The van der Waals surface area contributed by atoms with Crippen molar-refractivity contribution in [3.8, 4) is 17.2 Å². The van der Waals surface area contributed by atoms with Gasteiger partial charge in [0.1, 0.15) is 23.9 Å². The fraction of sp³-hybridized carbons (Fsp3) is 0.296. The average Bonchev–Trinajstić information content (AvgIpc) is 2.77. The molecular formula is C27H30O4. The Bertz CT molecular complexity index is 979. The van der Waals surface area contributed by atoms with Crippen LogP contribution in [0.15, 0.2) is 78.9 Å². The third-order valence-electron chi connectivity index (χ3n) is 4.89. The molecule has 0 aromatic heterocycles. The molecule has 3 rings (SSSR count). The summed E-state index contributed by atoms with van der Waals surface area (Å²) in [5.74, 6) is 2.08. The van der Waals surface area contributed by atoms with Crippen molar-refractivity contribution in [2.75, 3.05) is 0 Å². The number of hydrogen-bond donors (Lipinski definition) is 0. The maximum Gasteiger partial charge on any atom is 0.347 e. The molecule has 162 valence electrons. The SMILES string of the molecule is CC(C)c1ccccc1OC(C(=O)OCc1cccc(Oc2ccccc2)c1)C(C)C. The Morgan fingerprint density at radius 1 is 0.806 bits per heavy atom. The van der Waals surface area contributed by atoms with Gasteiger partial charge in [-0.25, -0.2) is 4.79 Å². The second-order valence-corrected chi connectivity index (χ2v) is 8.15. The van der Waals surface area contributed by atoms with Gasteiger partial charge in [-0.05, 0) is 47.4 Å². The van der Waals surface area contributed by atoms with Crippen LogP contribution in [0.2, 0.25) is 0 Å². The lowest BCUT2D eigenvalue weighted by Crippen LogP contribution is -2.34. The van der Waals surface area contributed by atoms with E-state index in [-0.39, 0.29) is 18.5 Å². The number of benzene rings is 3. The summed E-state index contributed by atoms with van der Waals surface area (Å²) in [6, 6.07) is 25.0. The highest BCUT2D eigenvalue weighted by Gasteiger charge is 2.27. The molecule has 0 amide bonds. The number of ether oxygens (including phenoxy) is 3. The van der Waals surface area contributed by atoms with E-state index >= 15 is 0 Å². The molecule has 0 N–H and O–H groups in total. The fourth-order valence-electron chi connectivity index (χ4n) is 3.22. The molecule has 3 aromatic rings. The lowest BCUT2D eigenvalue weighted by molar-refractivity contribution is -0.155. The van der Waals surface area contributed by atoms with Crippen molar-refractivity contribution in [2.45, 2.75) is 46.3 Å². The van der Waals surface area contributed by atoms with E-state index in [4.69, 9.17) is 14.2 Å². The summed E-state index contributed by atoms with van der Waals surface area (Å²) >= 11 is 0. The van der Waals surface area contributed by atoms with Gasteiger partial charge in [0.25, 0.3) is 0 Å². The van der Waals surface area contributed by atoms with Crippen molar-refractivity contribution < 1.29 is 19.0 Å². The summed E-state index contributed by atoms with van der Waals surface area (Å²) in [5, 5.41) is 0. The third-order valence-corrected chi connectivity index (χ3v) is 4.89. The van der Waals surface area contributed by atoms with Crippen molar-refractivity contribution in [1.82, 2.24) is 0 Å². The molecule has 0 aliphatic rings. The van der Waals surface area contributed by atoms with E-state index in [9.17, 15) is 4.79 Å². The number of hydrogen-bond acceptors (Lipinski definition) is 4. The summed E-state index contributed by atoms with van der Waals surface area (Å²) < 4.78 is 17.6. The number of rotatable bonds is 9. The topological polar surface area (TPSA) is 44.8 Å². The predicted molar refractivity (Wildman–Crippen MR) is 123 cm³/mol. The van der Waals surface area contributed by atoms with E-state index in [0.29, 0.717) is 11.7 Å². The molecule has 1 unspecified atom stereocenters. The van der Waals surface area contributed by atoms with Gasteiger partial charge in [-0.1, -0.05) is 76.2 Å². The number of carbonyl (C=O) groups excluding carboxylic acids is 1. The first-order chi connectivity index (χ1) is 14.9. The van der Waals surface area contributed by atoms with Crippen molar-refractivity contribution in [1.29, 1.82) is 0 Å². The summed E-state index contributed by atoms with van der Waals surface area (Å²) in [5.41, 5.74) is 1.93. The lowest BCUT2D eigenvalue weighted by Gasteiger charge is -2.23. The van der Waals surface area contributed by atoms with Crippen molar-refractivity contribution >= 4 is 5.97 Å². The van der Waals surface area contributed by atoms with E-state index < -0.39 is 6.10 Å². The lowest BCUT2D eigenvalue weighted by atomic mass is 10.0. The quantitative estimate of drug-likeness (QED) is 0.361. The van der Waals surface area contributed by atoms with Gasteiger partial charge in [0.05, 0.1) is 0 Å². The summed E-state index contributed by atoms with van der Waals surface area (Å²) in [7, 11) is 0. The van der Waals surface area contributed by atoms with Crippen LogP contribution in [0.4, 0.5) is 0 Å². The highest BCUT2D eigenvalue weighted by molar-refractivity contribution is 5.75. The van der Waals surface area contributed by atoms with Gasteiger partial charge in [0, 0.05) is 5.92 Å². The van der Waals surface area contributed by atoms with Crippen molar-refractivity contribution in [2.24, 2.45) is 5.92 Å². The second kappa shape index (κ2) is 10.7. The normalized spacial score (nSPS) is 11.9. The molecule has 0 bridgehead atoms. The zero-order valence-electron chi connectivity index (χ0n) is 18.6. The van der Waals surface area contributed by atoms with Crippen LogP contribution < -0.4 is 9.47 Å². The Balaban J connectivity index is 1.65. The van der Waals surface area contributed by atoms with Gasteiger partial charge < -0.3 is 14.2 Å². The molecule has 0 fully saturated rings. The molecule has 0 spiro atoms. The van der Waals surface area contributed by atoms with Crippen LogP contribution >= 0.6 is 0 Å². The van der Waals surface area contributed by atoms with Crippen LogP contribution in [0.5, 0.6) is 17.2 Å².